The van der Waals surface area contributed by atoms with Crippen LogP contribution in [-0.4, -0.2) is 9.55 Å². The molecule has 1 aliphatic carbocycles. The monoisotopic (exact) mass is 218 g/mol. The van der Waals surface area contributed by atoms with Gasteiger partial charge in [-0.1, -0.05) is 13.0 Å². The van der Waals surface area contributed by atoms with Gasteiger partial charge in [-0.15, -0.1) is 0 Å². The lowest BCUT2D eigenvalue weighted by atomic mass is 10.2. The second kappa shape index (κ2) is 2.95. The van der Waals surface area contributed by atoms with Gasteiger partial charge in [0.25, 0.3) is 0 Å². The van der Waals surface area contributed by atoms with Crippen molar-refractivity contribution < 1.29 is 0 Å². The quantitative estimate of drug-likeness (QED) is 0.725. The molecule has 0 spiro atoms. The van der Waals surface area contributed by atoms with Gasteiger partial charge in [-0.3, -0.25) is 0 Å². The van der Waals surface area contributed by atoms with Crippen LogP contribution in [0.4, 0.5) is 0 Å². The summed E-state index contributed by atoms with van der Waals surface area (Å²) < 4.78 is 3.14. The second-order valence-corrected chi connectivity index (χ2v) is 4.99. The summed E-state index contributed by atoms with van der Waals surface area (Å²) in [5.41, 5.74) is 3.69. The molecule has 3 heteroatoms. The van der Waals surface area contributed by atoms with E-state index in [1.807, 2.05) is 0 Å². The predicted molar refractivity (Wildman–Crippen MR) is 64.7 cm³/mol. The number of aromatic amines is 1. The molecule has 2 atom stereocenters. The first-order chi connectivity index (χ1) is 7.16. The van der Waals surface area contributed by atoms with E-state index in [-0.39, 0.29) is 0 Å². The Bertz CT molecular complexity index is 579. The lowest BCUT2D eigenvalue weighted by Gasteiger charge is -2.01. The van der Waals surface area contributed by atoms with Gasteiger partial charge < -0.3 is 9.55 Å². The van der Waals surface area contributed by atoms with Crippen molar-refractivity contribution in [3.63, 3.8) is 0 Å². The molecule has 1 aromatic heterocycles. The third kappa shape index (κ3) is 1.34. The summed E-state index contributed by atoms with van der Waals surface area (Å²) in [4.78, 5) is 3.29. The van der Waals surface area contributed by atoms with Crippen LogP contribution >= 0.6 is 12.2 Å². The summed E-state index contributed by atoms with van der Waals surface area (Å²) in [7, 11) is 0. The van der Waals surface area contributed by atoms with Crippen molar-refractivity contribution in [3.05, 3.63) is 28.5 Å². The summed E-state index contributed by atoms with van der Waals surface area (Å²) >= 11 is 5.37. The van der Waals surface area contributed by atoms with E-state index < -0.39 is 0 Å². The van der Waals surface area contributed by atoms with Crippen LogP contribution in [0.5, 0.6) is 0 Å². The molecule has 0 amide bonds. The van der Waals surface area contributed by atoms with Gasteiger partial charge in [0.2, 0.25) is 0 Å². The zero-order chi connectivity index (χ0) is 10.6. The number of benzene rings is 1. The highest BCUT2D eigenvalue weighted by Gasteiger charge is 2.35. The zero-order valence-electron chi connectivity index (χ0n) is 8.95. The van der Waals surface area contributed by atoms with Crippen LogP contribution in [0.15, 0.2) is 18.2 Å². The van der Waals surface area contributed by atoms with Gasteiger partial charge >= 0.3 is 0 Å². The maximum atomic E-state index is 5.37. The Hall–Kier alpha value is -1.09. The van der Waals surface area contributed by atoms with Crippen LogP contribution in [0.25, 0.3) is 11.0 Å². The molecule has 1 aromatic carbocycles. The Balaban J connectivity index is 2.29. The highest BCUT2D eigenvalue weighted by Crippen LogP contribution is 2.44. The van der Waals surface area contributed by atoms with E-state index >= 15 is 0 Å². The number of fused-ring (bicyclic) bond motifs is 1. The van der Waals surface area contributed by atoms with E-state index in [1.54, 1.807) is 0 Å². The van der Waals surface area contributed by atoms with Crippen LogP contribution in [0.3, 0.4) is 0 Å². The van der Waals surface area contributed by atoms with Crippen LogP contribution in [0, 0.1) is 17.6 Å². The Morgan fingerprint density at radius 1 is 1.47 bits per heavy atom. The topological polar surface area (TPSA) is 20.7 Å². The molecule has 78 valence electrons. The molecule has 0 bridgehead atoms. The largest absolute Gasteiger partial charge is 0.331 e. The van der Waals surface area contributed by atoms with Crippen LogP contribution in [-0.2, 0) is 0 Å². The minimum atomic E-state index is 0.619. The molecule has 1 N–H and O–H groups in total. The van der Waals surface area contributed by atoms with Gasteiger partial charge in [-0.05, 0) is 49.2 Å². The summed E-state index contributed by atoms with van der Waals surface area (Å²) in [6, 6.07) is 7.10. The minimum absolute atomic E-state index is 0.619. The van der Waals surface area contributed by atoms with Gasteiger partial charge in [0.15, 0.2) is 4.77 Å². The van der Waals surface area contributed by atoms with Gasteiger partial charge in [-0.25, -0.2) is 0 Å². The van der Waals surface area contributed by atoms with Crippen molar-refractivity contribution in [2.45, 2.75) is 26.3 Å². The Morgan fingerprint density at radius 3 is 2.87 bits per heavy atom. The van der Waals surface area contributed by atoms with Gasteiger partial charge in [0.1, 0.15) is 0 Å². The third-order valence-corrected chi connectivity index (χ3v) is 3.57. The molecule has 2 aromatic rings. The fourth-order valence-corrected chi connectivity index (χ4v) is 2.58. The second-order valence-electron chi connectivity index (χ2n) is 4.60. The molecular weight excluding hydrogens is 204 g/mol. The number of imidazole rings is 1. The number of aromatic nitrogens is 2. The van der Waals surface area contributed by atoms with E-state index in [0.717, 1.165) is 10.7 Å². The number of nitrogens with zero attached hydrogens (tertiary/aromatic N) is 1. The first-order valence-electron chi connectivity index (χ1n) is 5.37. The summed E-state index contributed by atoms with van der Waals surface area (Å²) in [5.74, 6) is 0.775. The number of nitrogens with one attached hydrogen (secondary N) is 1. The molecule has 0 aliphatic heterocycles. The normalized spacial score (nSPS) is 24.7. The van der Waals surface area contributed by atoms with Crippen molar-refractivity contribution in [3.8, 4) is 0 Å². The number of rotatable bonds is 1. The Morgan fingerprint density at radius 2 is 2.20 bits per heavy atom. The zero-order valence-corrected chi connectivity index (χ0v) is 9.77. The third-order valence-electron chi connectivity index (χ3n) is 3.27. The van der Waals surface area contributed by atoms with Crippen molar-refractivity contribution in [2.24, 2.45) is 5.92 Å². The highest BCUT2D eigenvalue weighted by molar-refractivity contribution is 7.71. The van der Waals surface area contributed by atoms with E-state index in [9.17, 15) is 0 Å². The van der Waals surface area contributed by atoms with E-state index in [4.69, 9.17) is 12.2 Å². The number of H-pyrrole nitrogens is 1. The lowest BCUT2D eigenvalue weighted by Crippen LogP contribution is -1.94. The van der Waals surface area contributed by atoms with Crippen LogP contribution < -0.4 is 0 Å². The first-order valence-corrected chi connectivity index (χ1v) is 5.78. The number of hydrogen-bond acceptors (Lipinski definition) is 1. The average molecular weight is 218 g/mol. The summed E-state index contributed by atoms with van der Waals surface area (Å²) in [6.45, 7) is 4.38. The van der Waals surface area contributed by atoms with Crippen LogP contribution in [0.2, 0.25) is 0 Å². The van der Waals surface area contributed by atoms with Crippen molar-refractivity contribution >= 4 is 23.3 Å². The standard InChI is InChI=1S/C12H14N2S/c1-7-3-4-10-9(5-7)13-12(15)14(10)11-6-8(11)2/h3-5,8,11H,6H2,1-2H3,(H,13,15). The van der Waals surface area contributed by atoms with Gasteiger partial charge in [0.05, 0.1) is 11.0 Å². The molecule has 1 fully saturated rings. The van der Waals surface area contributed by atoms with E-state index in [1.165, 1.54) is 23.0 Å². The molecule has 3 rings (SSSR count). The number of hydrogen-bond donors (Lipinski definition) is 1. The molecule has 15 heavy (non-hydrogen) atoms. The summed E-state index contributed by atoms with van der Waals surface area (Å²) in [5, 5.41) is 0. The van der Waals surface area contributed by atoms with Crippen molar-refractivity contribution in [1.82, 2.24) is 9.55 Å². The molecule has 2 unspecified atom stereocenters. The van der Waals surface area contributed by atoms with Crippen molar-refractivity contribution in [1.29, 1.82) is 0 Å². The molecule has 0 saturated heterocycles. The smallest absolute Gasteiger partial charge is 0.178 e. The number of aryl methyl sites for hydroxylation is 1. The predicted octanol–water partition coefficient (Wildman–Crippen LogP) is 3.59. The van der Waals surface area contributed by atoms with Crippen molar-refractivity contribution in [2.75, 3.05) is 0 Å². The maximum Gasteiger partial charge on any atom is 0.178 e. The molecule has 2 nitrogen and oxygen atoms in total. The highest BCUT2D eigenvalue weighted by atomic mass is 32.1. The molecule has 1 aliphatic rings. The van der Waals surface area contributed by atoms with E-state index in [0.29, 0.717) is 6.04 Å². The molecule has 1 heterocycles. The lowest BCUT2D eigenvalue weighted by molar-refractivity contribution is 0.695. The van der Waals surface area contributed by atoms with Gasteiger partial charge in [0, 0.05) is 6.04 Å². The average Bonchev–Trinajstić information content (AvgIpc) is 2.77. The fraction of sp³-hybridized carbons (Fsp3) is 0.417. The maximum absolute atomic E-state index is 5.37. The van der Waals surface area contributed by atoms with Crippen LogP contribution in [0.1, 0.15) is 24.9 Å². The molecule has 0 radical (unpaired) electrons. The SMILES string of the molecule is Cc1ccc2c(c1)[nH]c(=S)n2C1CC1C. The minimum Gasteiger partial charge on any atom is -0.331 e. The Labute approximate surface area is 93.9 Å². The molecule has 1 saturated carbocycles. The fourth-order valence-electron chi connectivity index (χ4n) is 2.24. The first kappa shape index (κ1) is 9.16. The van der Waals surface area contributed by atoms with Gasteiger partial charge in [-0.2, -0.15) is 0 Å². The summed E-state index contributed by atoms with van der Waals surface area (Å²) in [6.07, 6.45) is 1.26. The Kier molecular flexibility index (Phi) is 1.80. The molecular formula is C12H14N2S. The van der Waals surface area contributed by atoms with E-state index in [2.05, 4.69) is 41.6 Å².